The molecule has 3 nitrogen and oxygen atoms in total. The van der Waals surface area contributed by atoms with Gasteiger partial charge in [-0.2, -0.15) is 0 Å². The van der Waals surface area contributed by atoms with Crippen molar-refractivity contribution in [2.75, 3.05) is 7.11 Å². The summed E-state index contributed by atoms with van der Waals surface area (Å²) in [5.74, 6) is 2.07. The summed E-state index contributed by atoms with van der Waals surface area (Å²) in [5.41, 5.74) is 6.53. The smallest absolute Gasteiger partial charge is 0.150 e. The van der Waals surface area contributed by atoms with E-state index in [0.29, 0.717) is 23.1 Å². The molecule has 2 aromatic rings. The molecule has 94 valence electrons. The highest BCUT2D eigenvalue weighted by Gasteiger charge is 2.08. The minimum absolute atomic E-state index is 0.381. The summed E-state index contributed by atoms with van der Waals surface area (Å²) >= 11 is 6.11. The zero-order valence-electron chi connectivity index (χ0n) is 10.0. The summed E-state index contributed by atoms with van der Waals surface area (Å²) in [5, 5.41) is 0.550. The first kappa shape index (κ1) is 12.7. The van der Waals surface area contributed by atoms with Crippen LogP contribution in [0.5, 0.6) is 17.2 Å². The summed E-state index contributed by atoms with van der Waals surface area (Å²) in [7, 11) is 1.62. The molecule has 0 aromatic heterocycles. The van der Waals surface area contributed by atoms with Crippen LogP contribution >= 0.6 is 11.6 Å². The molecule has 0 aliphatic heterocycles. The predicted molar refractivity (Wildman–Crippen MR) is 72.4 cm³/mol. The van der Waals surface area contributed by atoms with Crippen LogP contribution in [0.1, 0.15) is 5.56 Å². The Kier molecular flexibility index (Phi) is 4.07. The average Bonchev–Trinajstić information content (AvgIpc) is 2.42. The van der Waals surface area contributed by atoms with Gasteiger partial charge in [-0.3, -0.25) is 0 Å². The zero-order chi connectivity index (χ0) is 13.0. The second kappa shape index (κ2) is 5.76. The van der Waals surface area contributed by atoms with E-state index in [1.54, 1.807) is 13.2 Å². The van der Waals surface area contributed by atoms with Crippen LogP contribution in [0, 0.1) is 0 Å². The summed E-state index contributed by atoms with van der Waals surface area (Å²) in [6, 6.07) is 12.8. The number of rotatable bonds is 4. The van der Waals surface area contributed by atoms with Crippen molar-refractivity contribution in [2.24, 2.45) is 5.73 Å². The molecule has 0 saturated heterocycles. The molecule has 0 radical (unpaired) electrons. The Balaban J connectivity index is 2.27. The number of ether oxygens (including phenoxy) is 2. The van der Waals surface area contributed by atoms with Gasteiger partial charge < -0.3 is 15.2 Å². The fraction of sp³-hybridized carbons (Fsp3) is 0.143. The van der Waals surface area contributed by atoms with Gasteiger partial charge in [0, 0.05) is 12.1 Å². The standard InChI is InChI=1S/C14H14ClNO2/c1-17-11-5-7-12(8-6-11)18-14-10(9-16)3-2-4-13(14)15/h2-8H,9,16H2,1H3. The molecule has 0 atom stereocenters. The molecule has 2 N–H and O–H groups in total. The maximum absolute atomic E-state index is 6.11. The average molecular weight is 264 g/mol. The molecule has 18 heavy (non-hydrogen) atoms. The molecule has 0 saturated carbocycles. The van der Waals surface area contributed by atoms with E-state index in [0.717, 1.165) is 11.3 Å². The van der Waals surface area contributed by atoms with Crippen LogP contribution in [-0.2, 0) is 6.54 Å². The topological polar surface area (TPSA) is 44.5 Å². The molecule has 0 aliphatic rings. The number of para-hydroxylation sites is 1. The first-order valence-corrected chi connectivity index (χ1v) is 5.91. The summed E-state index contributed by atoms with van der Waals surface area (Å²) in [6.45, 7) is 0.381. The summed E-state index contributed by atoms with van der Waals surface area (Å²) < 4.78 is 10.8. The van der Waals surface area contributed by atoms with Gasteiger partial charge in [-0.15, -0.1) is 0 Å². The fourth-order valence-electron chi connectivity index (χ4n) is 1.59. The highest BCUT2D eigenvalue weighted by Crippen LogP contribution is 2.33. The lowest BCUT2D eigenvalue weighted by molar-refractivity contribution is 0.412. The number of hydrogen-bond acceptors (Lipinski definition) is 3. The van der Waals surface area contributed by atoms with Gasteiger partial charge in [0.25, 0.3) is 0 Å². The molecule has 0 unspecified atom stereocenters. The Bertz CT molecular complexity index is 526. The first-order chi connectivity index (χ1) is 8.74. The normalized spacial score (nSPS) is 10.2. The van der Waals surface area contributed by atoms with Crippen LogP contribution in [0.3, 0.4) is 0 Å². The highest BCUT2D eigenvalue weighted by atomic mass is 35.5. The van der Waals surface area contributed by atoms with Crippen molar-refractivity contribution in [3.8, 4) is 17.2 Å². The van der Waals surface area contributed by atoms with Crippen LogP contribution in [0.25, 0.3) is 0 Å². The van der Waals surface area contributed by atoms with Gasteiger partial charge in [-0.05, 0) is 30.3 Å². The molecule has 0 heterocycles. The number of hydrogen-bond donors (Lipinski definition) is 1. The lowest BCUT2D eigenvalue weighted by Gasteiger charge is -2.12. The number of methoxy groups -OCH3 is 1. The van der Waals surface area contributed by atoms with Crippen molar-refractivity contribution in [1.29, 1.82) is 0 Å². The molecule has 2 aromatic carbocycles. The third-order valence-corrected chi connectivity index (χ3v) is 2.85. The van der Waals surface area contributed by atoms with E-state index >= 15 is 0 Å². The maximum atomic E-state index is 6.11. The minimum atomic E-state index is 0.381. The monoisotopic (exact) mass is 263 g/mol. The van der Waals surface area contributed by atoms with E-state index in [2.05, 4.69) is 0 Å². The molecular formula is C14H14ClNO2. The van der Waals surface area contributed by atoms with Crippen molar-refractivity contribution in [3.63, 3.8) is 0 Å². The van der Waals surface area contributed by atoms with E-state index in [1.807, 2.05) is 36.4 Å². The van der Waals surface area contributed by atoms with Gasteiger partial charge in [-0.25, -0.2) is 0 Å². The Morgan fingerprint density at radius 3 is 2.33 bits per heavy atom. The second-order valence-electron chi connectivity index (χ2n) is 3.71. The van der Waals surface area contributed by atoms with Crippen molar-refractivity contribution in [3.05, 3.63) is 53.1 Å². The van der Waals surface area contributed by atoms with Crippen LogP contribution in [0.2, 0.25) is 5.02 Å². The van der Waals surface area contributed by atoms with E-state index in [-0.39, 0.29) is 0 Å². The number of halogens is 1. The zero-order valence-corrected chi connectivity index (χ0v) is 10.8. The maximum Gasteiger partial charge on any atom is 0.150 e. The number of benzene rings is 2. The molecule has 0 aliphatic carbocycles. The number of nitrogens with two attached hydrogens (primary N) is 1. The summed E-state index contributed by atoms with van der Waals surface area (Å²) in [6.07, 6.45) is 0. The van der Waals surface area contributed by atoms with Gasteiger partial charge >= 0.3 is 0 Å². The first-order valence-electron chi connectivity index (χ1n) is 5.54. The van der Waals surface area contributed by atoms with Gasteiger partial charge in [0.2, 0.25) is 0 Å². The quantitative estimate of drug-likeness (QED) is 0.917. The van der Waals surface area contributed by atoms with Crippen LogP contribution in [0.4, 0.5) is 0 Å². The Labute approximate surface area is 111 Å². The van der Waals surface area contributed by atoms with E-state index in [4.69, 9.17) is 26.8 Å². The Hall–Kier alpha value is -1.71. The van der Waals surface area contributed by atoms with E-state index in [9.17, 15) is 0 Å². The fourth-order valence-corrected chi connectivity index (χ4v) is 1.82. The van der Waals surface area contributed by atoms with Crippen molar-refractivity contribution in [2.45, 2.75) is 6.54 Å². The third-order valence-electron chi connectivity index (χ3n) is 2.55. The lowest BCUT2D eigenvalue weighted by Crippen LogP contribution is -1.99. The largest absolute Gasteiger partial charge is 0.497 e. The minimum Gasteiger partial charge on any atom is -0.497 e. The van der Waals surface area contributed by atoms with Crippen molar-refractivity contribution < 1.29 is 9.47 Å². The van der Waals surface area contributed by atoms with Gasteiger partial charge in [-0.1, -0.05) is 23.7 Å². The van der Waals surface area contributed by atoms with Gasteiger partial charge in [0.15, 0.2) is 0 Å². The molecule has 0 amide bonds. The highest BCUT2D eigenvalue weighted by molar-refractivity contribution is 6.32. The SMILES string of the molecule is COc1ccc(Oc2c(Cl)cccc2CN)cc1. The van der Waals surface area contributed by atoms with Gasteiger partial charge in [0.1, 0.15) is 17.2 Å². The lowest BCUT2D eigenvalue weighted by atomic mass is 10.2. The molecule has 2 rings (SSSR count). The van der Waals surface area contributed by atoms with Crippen LogP contribution in [-0.4, -0.2) is 7.11 Å². The molecule has 4 heteroatoms. The third kappa shape index (κ3) is 2.75. The molecule has 0 spiro atoms. The van der Waals surface area contributed by atoms with E-state index in [1.165, 1.54) is 0 Å². The molecular weight excluding hydrogens is 250 g/mol. The predicted octanol–water partition coefficient (Wildman–Crippen LogP) is 3.60. The van der Waals surface area contributed by atoms with Crippen molar-refractivity contribution in [1.82, 2.24) is 0 Å². The summed E-state index contributed by atoms with van der Waals surface area (Å²) in [4.78, 5) is 0. The molecule has 0 fully saturated rings. The molecule has 0 bridgehead atoms. The van der Waals surface area contributed by atoms with Gasteiger partial charge in [0.05, 0.1) is 12.1 Å². The van der Waals surface area contributed by atoms with Crippen LogP contribution < -0.4 is 15.2 Å². The Morgan fingerprint density at radius 1 is 1.06 bits per heavy atom. The second-order valence-corrected chi connectivity index (χ2v) is 4.12. The van der Waals surface area contributed by atoms with E-state index < -0.39 is 0 Å². The Morgan fingerprint density at radius 2 is 1.72 bits per heavy atom. The van der Waals surface area contributed by atoms with Crippen molar-refractivity contribution >= 4 is 11.6 Å². The van der Waals surface area contributed by atoms with Crippen LogP contribution in [0.15, 0.2) is 42.5 Å².